The van der Waals surface area contributed by atoms with Gasteiger partial charge in [0.1, 0.15) is 40.8 Å². The van der Waals surface area contributed by atoms with Crippen LogP contribution in [0.2, 0.25) is 0 Å². The van der Waals surface area contributed by atoms with Crippen LogP contribution in [0, 0.1) is 0 Å². The van der Waals surface area contributed by atoms with E-state index in [1.807, 2.05) is 6.07 Å². The van der Waals surface area contributed by atoms with E-state index in [0.717, 1.165) is 10.5 Å². The third-order valence-corrected chi connectivity index (χ3v) is 9.67. The van der Waals surface area contributed by atoms with Gasteiger partial charge < -0.3 is 19.5 Å². The Labute approximate surface area is 232 Å². The fourth-order valence-electron chi connectivity index (χ4n) is 5.67. The number of esters is 1. The first-order chi connectivity index (χ1) is 19.2. The lowest BCUT2D eigenvalue weighted by Gasteiger charge is -2.51. The molecule has 1 N–H and O–H groups in total. The number of carbonyl (C=O) groups excluding carboxylic acids is 4. The van der Waals surface area contributed by atoms with Crippen LogP contribution in [0.25, 0.3) is 0 Å². The van der Waals surface area contributed by atoms with E-state index >= 15 is 0 Å². The van der Waals surface area contributed by atoms with Crippen molar-refractivity contribution >= 4 is 34.4 Å². The number of β-lactam (4-membered cyclic amide) rings is 1. The van der Waals surface area contributed by atoms with E-state index in [0.29, 0.717) is 11.3 Å². The summed E-state index contributed by atoms with van der Waals surface area (Å²) in [5.41, 5.74) is 0.127. The standard InChI is InChI=1S/C29H26N2O8S/c1-16(32)29-13-12-20(39-29)22-24(28(35)38-15-18-8-10-19(37-2)11-9-18)31-26(34)23(27(31)40(36)25(22)29)30-21(33)14-17-6-4-3-5-7-17/h3-13,20,23,25,27H,14-15H2,1-2H3,(H,30,33)/t20-,23+,25+,27+,29-,40-/m0/s1. The molecule has 0 spiro atoms. The minimum Gasteiger partial charge on any atom is -0.497 e. The second kappa shape index (κ2) is 9.83. The number of nitrogens with zero attached hydrogens (tertiary/aromatic N) is 1. The van der Waals surface area contributed by atoms with Gasteiger partial charge in [0, 0.05) is 5.57 Å². The molecule has 0 radical (unpaired) electrons. The Bertz CT molecular complexity index is 1500. The van der Waals surface area contributed by atoms with Crippen molar-refractivity contribution in [2.75, 3.05) is 7.11 Å². The largest absolute Gasteiger partial charge is 0.497 e. The van der Waals surface area contributed by atoms with Crippen LogP contribution in [-0.4, -0.2) is 68.2 Å². The number of hydrogen-bond acceptors (Lipinski definition) is 8. The number of ketones is 1. The molecule has 2 fully saturated rings. The van der Waals surface area contributed by atoms with Gasteiger partial charge in [-0.25, -0.2) is 4.79 Å². The molecule has 4 heterocycles. The molecule has 0 aliphatic carbocycles. The van der Waals surface area contributed by atoms with E-state index in [1.54, 1.807) is 67.8 Å². The molecule has 0 unspecified atom stereocenters. The first kappa shape index (κ1) is 26.1. The van der Waals surface area contributed by atoms with Gasteiger partial charge in [0.05, 0.1) is 24.3 Å². The van der Waals surface area contributed by atoms with Crippen LogP contribution >= 0.6 is 0 Å². The van der Waals surface area contributed by atoms with Crippen LogP contribution < -0.4 is 10.1 Å². The first-order valence-electron chi connectivity index (χ1n) is 12.7. The van der Waals surface area contributed by atoms with Crippen LogP contribution in [0.3, 0.4) is 0 Å². The number of methoxy groups -OCH3 is 1. The minimum atomic E-state index is -1.87. The highest BCUT2D eigenvalue weighted by molar-refractivity contribution is 7.87. The molecule has 6 rings (SSSR count). The molecule has 2 amide bonds. The molecule has 0 aromatic heterocycles. The van der Waals surface area contributed by atoms with Crippen molar-refractivity contribution in [2.24, 2.45) is 0 Å². The number of hydrogen-bond donors (Lipinski definition) is 1. The molecular weight excluding hydrogens is 536 g/mol. The molecule has 4 aliphatic heterocycles. The van der Waals surface area contributed by atoms with Gasteiger partial charge in [-0.05, 0) is 36.3 Å². The maximum Gasteiger partial charge on any atom is 0.355 e. The van der Waals surface area contributed by atoms with Crippen LogP contribution in [0.1, 0.15) is 18.1 Å². The number of ether oxygens (including phenoxy) is 3. The molecule has 0 saturated carbocycles. The molecule has 10 nitrogen and oxygen atoms in total. The number of amides is 2. The Morgan fingerprint density at radius 1 is 1.07 bits per heavy atom. The maximum atomic E-state index is 14.0. The second-order valence-electron chi connectivity index (χ2n) is 9.99. The van der Waals surface area contributed by atoms with Crippen LogP contribution in [0.15, 0.2) is 78.0 Å². The summed E-state index contributed by atoms with van der Waals surface area (Å²) in [4.78, 5) is 53.7. The van der Waals surface area contributed by atoms with Crippen molar-refractivity contribution in [1.82, 2.24) is 10.2 Å². The summed E-state index contributed by atoms with van der Waals surface area (Å²) in [6.07, 6.45) is 2.43. The first-order valence-corrected chi connectivity index (χ1v) is 14.0. The fraction of sp³-hybridized carbons (Fsp3) is 0.310. The van der Waals surface area contributed by atoms with E-state index in [-0.39, 0.29) is 30.1 Å². The topological polar surface area (TPSA) is 128 Å². The highest BCUT2D eigenvalue weighted by Gasteiger charge is 2.69. The lowest BCUT2D eigenvalue weighted by atomic mass is 9.85. The normalized spacial score (nSPS) is 29.4. The molecule has 11 heteroatoms. The number of rotatable bonds is 8. The number of carbonyl (C=O) groups is 4. The van der Waals surface area contributed by atoms with Gasteiger partial charge in [-0.2, -0.15) is 0 Å². The lowest BCUT2D eigenvalue weighted by Crippen LogP contribution is -2.75. The molecule has 40 heavy (non-hydrogen) atoms. The molecule has 2 aromatic carbocycles. The Balaban J connectivity index is 1.30. The van der Waals surface area contributed by atoms with E-state index in [1.165, 1.54) is 6.92 Å². The number of fused-ring (bicyclic) bond motifs is 6. The molecular formula is C29H26N2O8S. The molecule has 206 valence electrons. The van der Waals surface area contributed by atoms with Crippen molar-refractivity contribution < 1.29 is 37.6 Å². The summed E-state index contributed by atoms with van der Waals surface area (Å²) in [6.45, 7) is 1.25. The minimum absolute atomic E-state index is 0.0244. The summed E-state index contributed by atoms with van der Waals surface area (Å²) in [6, 6.07) is 14.8. The number of nitrogens with one attached hydrogen (secondary N) is 1. The van der Waals surface area contributed by atoms with Crippen molar-refractivity contribution in [3.05, 3.63) is 89.1 Å². The predicted molar refractivity (Wildman–Crippen MR) is 142 cm³/mol. The summed E-state index contributed by atoms with van der Waals surface area (Å²) >= 11 is 0. The highest BCUT2D eigenvalue weighted by Crippen LogP contribution is 2.53. The Morgan fingerprint density at radius 3 is 2.48 bits per heavy atom. The average molecular weight is 563 g/mol. The van der Waals surface area contributed by atoms with E-state index in [4.69, 9.17) is 14.2 Å². The smallest absolute Gasteiger partial charge is 0.355 e. The van der Waals surface area contributed by atoms with E-state index in [2.05, 4.69) is 5.32 Å². The Hall–Kier alpha value is -4.09. The monoisotopic (exact) mass is 562 g/mol. The van der Waals surface area contributed by atoms with Crippen LogP contribution in [0.4, 0.5) is 0 Å². The van der Waals surface area contributed by atoms with Crippen molar-refractivity contribution in [3.63, 3.8) is 0 Å². The highest BCUT2D eigenvalue weighted by atomic mass is 32.2. The lowest BCUT2D eigenvalue weighted by molar-refractivity contribution is -0.153. The van der Waals surface area contributed by atoms with Crippen molar-refractivity contribution in [1.29, 1.82) is 0 Å². The molecule has 4 aliphatic rings. The van der Waals surface area contributed by atoms with Gasteiger partial charge >= 0.3 is 5.97 Å². The average Bonchev–Trinajstić information content (AvgIpc) is 3.55. The molecule has 2 aromatic rings. The maximum absolute atomic E-state index is 14.0. The third-order valence-electron chi connectivity index (χ3n) is 7.64. The van der Waals surface area contributed by atoms with Gasteiger partial charge in [-0.1, -0.05) is 48.5 Å². The fourth-order valence-corrected chi connectivity index (χ4v) is 7.96. The summed E-state index contributed by atoms with van der Waals surface area (Å²) in [7, 11) is -0.328. The van der Waals surface area contributed by atoms with Crippen LogP contribution in [-0.2, 0) is 52.5 Å². The predicted octanol–water partition coefficient (Wildman–Crippen LogP) is 1.32. The number of Topliss-reactive ketones (excluding diaryl/α,β-unsaturated/α-hetero) is 1. The Kier molecular flexibility index (Phi) is 6.42. The second-order valence-corrected chi connectivity index (χ2v) is 11.6. The Morgan fingerprint density at radius 2 is 1.80 bits per heavy atom. The number of benzene rings is 2. The van der Waals surface area contributed by atoms with Gasteiger partial charge in [-0.15, -0.1) is 0 Å². The zero-order chi connectivity index (χ0) is 28.2. The van der Waals surface area contributed by atoms with Gasteiger partial charge in [-0.3, -0.25) is 23.5 Å². The molecule has 2 saturated heterocycles. The van der Waals surface area contributed by atoms with Gasteiger partial charge in [0.2, 0.25) is 5.91 Å². The molecule has 2 bridgehead atoms. The quantitative estimate of drug-likeness (QED) is 0.290. The van der Waals surface area contributed by atoms with Crippen molar-refractivity contribution in [2.45, 2.75) is 48.3 Å². The zero-order valence-corrected chi connectivity index (χ0v) is 22.5. The van der Waals surface area contributed by atoms with Crippen LogP contribution in [0.5, 0.6) is 5.75 Å². The summed E-state index contributed by atoms with van der Waals surface area (Å²) in [5.74, 6) is -1.53. The van der Waals surface area contributed by atoms with E-state index in [9.17, 15) is 23.4 Å². The summed E-state index contributed by atoms with van der Waals surface area (Å²) in [5, 5.41) is 0.632. The van der Waals surface area contributed by atoms with Crippen molar-refractivity contribution in [3.8, 4) is 5.75 Å². The third kappa shape index (κ3) is 3.99. The van der Waals surface area contributed by atoms with Gasteiger partial charge in [0.25, 0.3) is 5.91 Å². The van der Waals surface area contributed by atoms with Gasteiger partial charge in [0.15, 0.2) is 11.4 Å². The SMILES string of the molecule is COc1ccc(COC(=O)C2=C3[C@@H]4C=C[C@@](C(C)=O)(O4)[C@@H]3[S@](=O)[C@@H]3[C@H](NC(=O)Cc4ccccc4)C(=O)N23)cc1. The van der Waals surface area contributed by atoms with E-state index < -0.39 is 57.0 Å². The molecule has 6 atom stereocenters. The summed E-state index contributed by atoms with van der Waals surface area (Å²) < 4.78 is 30.7. The zero-order valence-electron chi connectivity index (χ0n) is 21.7.